The van der Waals surface area contributed by atoms with Crippen molar-refractivity contribution < 1.29 is 4.52 Å². The molecule has 160 valence electrons. The number of nitrogens with one attached hydrogen (secondary N) is 2. The predicted octanol–water partition coefficient (Wildman–Crippen LogP) is 3.61. The fraction of sp³-hybridized carbons (Fsp3) is 0.571. The van der Waals surface area contributed by atoms with E-state index in [0.29, 0.717) is 35.7 Å². The SMILES string of the molecule is CCN(CC)CCCC(C)NC(=NC)NCCc1nc(-c2cccc(Cl)c2)no1. The lowest BCUT2D eigenvalue weighted by Crippen LogP contribution is -2.43. The van der Waals surface area contributed by atoms with Gasteiger partial charge in [-0.2, -0.15) is 4.98 Å². The first-order valence-corrected chi connectivity index (χ1v) is 10.7. The molecule has 0 aliphatic rings. The van der Waals surface area contributed by atoms with Crippen molar-refractivity contribution in [1.82, 2.24) is 25.7 Å². The Balaban J connectivity index is 1.73. The zero-order valence-corrected chi connectivity index (χ0v) is 18.7. The van der Waals surface area contributed by atoms with Crippen molar-refractivity contribution in [2.45, 2.75) is 46.1 Å². The predicted molar refractivity (Wildman–Crippen MR) is 119 cm³/mol. The van der Waals surface area contributed by atoms with Crippen molar-refractivity contribution in [1.29, 1.82) is 0 Å². The second-order valence-corrected chi connectivity index (χ2v) is 7.42. The molecule has 0 spiro atoms. The van der Waals surface area contributed by atoms with E-state index in [1.165, 1.54) is 6.42 Å². The van der Waals surface area contributed by atoms with Gasteiger partial charge in [-0.1, -0.05) is 42.7 Å². The van der Waals surface area contributed by atoms with Crippen LogP contribution in [0, 0.1) is 0 Å². The minimum absolute atomic E-state index is 0.356. The molecule has 2 N–H and O–H groups in total. The van der Waals surface area contributed by atoms with E-state index in [4.69, 9.17) is 16.1 Å². The Morgan fingerprint density at radius 1 is 1.31 bits per heavy atom. The smallest absolute Gasteiger partial charge is 0.228 e. The van der Waals surface area contributed by atoms with Crippen molar-refractivity contribution in [3.8, 4) is 11.4 Å². The molecule has 2 aromatic rings. The molecule has 2 rings (SSSR count). The number of aromatic nitrogens is 2. The summed E-state index contributed by atoms with van der Waals surface area (Å²) in [6.07, 6.45) is 2.88. The number of hydrogen-bond acceptors (Lipinski definition) is 5. The van der Waals surface area contributed by atoms with Crippen molar-refractivity contribution in [2.75, 3.05) is 33.2 Å². The lowest BCUT2D eigenvalue weighted by molar-refractivity contribution is 0.292. The molecule has 1 aromatic heterocycles. The van der Waals surface area contributed by atoms with Crippen LogP contribution in [0.2, 0.25) is 5.02 Å². The average Bonchev–Trinajstić information content (AvgIpc) is 3.19. The molecule has 1 aromatic carbocycles. The largest absolute Gasteiger partial charge is 0.356 e. The molecule has 0 aliphatic heterocycles. The fourth-order valence-corrected chi connectivity index (χ4v) is 3.24. The molecule has 0 radical (unpaired) electrons. The molecule has 1 heterocycles. The van der Waals surface area contributed by atoms with Gasteiger partial charge >= 0.3 is 0 Å². The molecule has 0 saturated heterocycles. The summed E-state index contributed by atoms with van der Waals surface area (Å²) >= 11 is 6.02. The van der Waals surface area contributed by atoms with Crippen LogP contribution < -0.4 is 10.6 Å². The highest BCUT2D eigenvalue weighted by Crippen LogP contribution is 2.19. The number of hydrogen-bond donors (Lipinski definition) is 2. The van der Waals surface area contributed by atoms with Gasteiger partial charge in [-0.15, -0.1) is 0 Å². The Bertz CT molecular complexity index is 759. The number of halogens is 1. The summed E-state index contributed by atoms with van der Waals surface area (Å²) in [4.78, 5) is 11.2. The monoisotopic (exact) mass is 420 g/mol. The van der Waals surface area contributed by atoms with E-state index in [-0.39, 0.29) is 0 Å². The maximum Gasteiger partial charge on any atom is 0.228 e. The van der Waals surface area contributed by atoms with Crippen molar-refractivity contribution in [2.24, 2.45) is 4.99 Å². The zero-order chi connectivity index (χ0) is 21.1. The second-order valence-electron chi connectivity index (χ2n) is 6.99. The van der Waals surface area contributed by atoms with E-state index in [9.17, 15) is 0 Å². The van der Waals surface area contributed by atoms with Crippen LogP contribution in [0.25, 0.3) is 11.4 Å². The highest BCUT2D eigenvalue weighted by Gasteiger charge is 2.10. The van der Waals surface area contributed by atoms with Crippen LogP contribution in [0.15, 0.2) is 33.8 Å². The van der Waals surface area contributed by atoms with Gasteiger partial charge in [-0.25, -0.2) is 0 Å². The average molecular weight is 421 g/mol. The topological polar surface area (TPSA) is 78.6 Å². The van der Waals surface area contributed by atoms with Crippen LogP contribution in [0.3, 0.4) is 0 Å². The van der Waals surface area contributed by atoms with E-state index in [1.54, 1.807) is 7.05 Å². The van der Waals surface area contributed by atoms with Crippen LogP contribution in [0.1, 0.15) is 39.5 Å². The maximum atomic E-state index is 6.02. The summed E-state index contributed by atoms with van der Waals surface area (Å²) in [5.74, 6) is 1.91. The van der Waals surface area contributed by atoms with E-state index in [2.05, 4.69) is 51.4 Å². The summed E-state index contributed by atoms with van der Waals surface area (Å²) in [5.41, 5.74) is 0.844. The van der Waals surface area contributed by atoms with Crippen molar-refractivity contribution >= 4 is 17.6 Å². The van der Waals surface area contributed by atoms with E-state index >= 15 is 0 Å². The summed E-state index contributed by atoms with van der Waals surface area (Å²) < 4.78 is 5.34. The Labute approximate surface area is 178 Å². The number of guanidine groups is 1. The van der Waals surface area contributed by atoms with Gasteiger partial charge in [0.15, 0.2) is 5.96 Å². The molecular formula is C21H33ClN6O. The van der Waals surface area contributed by atoms with E-state index in [0.717, 1.165) is 37.6 Å². The molecule has 29 heavy (non-hydrogen) atoms. The molecule has 0 amide bonds. The van der Waals surface area contributed by atoms with Crippen LogP contribution in [-0.4, -0.2) is 60.3 Å². The standard InChI is InChI=1S/C21H33ClN6O/c1-5-28(6-2)14-8-9-16(3)25-21(23-4)24-13-12-19-26-20(27-29-19)17-10-7-11-18(22)15-17/h7,10-11,15-16H,5-6,8-9,12-14H2,1-4H3,(H2,23,24,25). The van der Waals surface area contributed by atoms with Crippen LogP contribution in [0.5, 0.6) is 0 Å². The van der Waals surface area contributed by atoms with Gasteiger partial charge < -0.3 is 20.1 Å². The van der Waals surface area contributed by atoms with Gasteiger partial charge in [0.25, 0.3) is 0 Å². The van der Waals surface area contributed by atoms with Crippen LogP contribution in [0.4, 0.5) is 0 Å². The molecular weight excluding hydrogens is 388 g/mol. The third-order valence-electron chi connectivity index (χ3n) is 4.79. The molecule has 0 aliphatic carbocycles. The molecule has 7 nitrogen and oxygen atoms in total. The first-order chi connectivity index (χ1) is 14.0. The molecule has 0 fully saturated rings. The van der Waals surface area contributed by atoms with Crippen molar-refractivity contribution in [3.63, 3.8) is 0 Å². The van der Waals surface area contributed by atoms with Crippen molar-refractivity contribution in [3.05, 3.63) is 35.2 Å². The number of nitrogens with zero attached hydrogens (tertiary/aromatic N) is 4. The highest BCUT2D eigenvalue weighted by atomic mass is 35.5. The molecule has 1 atom stereocenters. The normalized spacial score (nSPS) is 13.0. The Kier molecular flexibility index (Phi) is 9.94. The fourth-order valence-electron chi connectivity index (χ4n) is 3.05. The minimum atomic E-state index is 0.356. The summed E-state index contributed by atoms with van der Waals surface area (Å²) in [5, 5.41) is 11.4. The number of benzene rings is 1. The summed E-state index contributed by atoms with van der Waals surface area (Å²) in [7, 11) is 1.78. The Morgan fingerprint density at radius 2 is 2.10 bits per heavy atom. The van der Waals surface area contributed by atoms with Gasteiger partial charge in [0.2, 0.25) is 11.7 Å². The second kappa shape index (κ2) is 12.4. The quantitative estimate of drug-likeness (QED) is 0.427. The zero-order valence-electron chi connectivity index (χ0n) is 17.9. The first-order valence-electron chi connectivity index (χ1n) is 10.3. The molecule has 8 heteroatoms. The van der Waals surface area contributed by atoms with Gasteiger partial charge in [-0.05, 0) is 51.5 Å². The Hall–Kier alpha value is -2.12. The van der Waals surface area contributed by atoms with Crippen LogP contribution in [-0.2, 0) is 6.42 Å². The molecule has 0 saturated carbocycles. The first kappa shape index (κ1) is 23.2. The lowest BCUT2D eigenvalue weighted by Gasteiger charge is -2.21. The maximum absolute atomic E-state index is 6.02. The van der Waals surface area contributed by atoms with Gasteiger partial charge in [0.05, 0.1) is 0 Å². The van der Waals surface area contributed by atoms with E-state index in [1.807, 2.05) is 24.3 Å². The third-order valence-corrected chi connectivity index (χ3v) is 5.03. The number of aliphatic imine (C=N–C) groups is 1. The van der Waals surface area contributed by atoms with E-state index < -0.39 is 0 Å². The van der Waals surface area contributed by atoms with Gasteiger partial charge in [0, 0.05) is 36.6 Å². The number of rotatable bonds is 11. The Morgan fingerprint density at radius 3 is 2.79 bits per heavy atom. The minimum Gasteiger partial charge on any atom is -0.356 e. The molecule has 0 bridgehead atoms. The van der Waals surface area contributed by atoms with Gasteiger partial charge in [-0.3, -0.25) is 4.99 Å². The lowest BCUT2D eigenvalue weighted by atomic mass is 10.2. The van der Waals surface area contributed by atoms with Crippen LogP contribution >= 0.6 is 11.6 Å². The summed E-state index contributed by atoms with van der Waals surface area (Å²) in [6.45, 7) is 10.6. The summed E-state index contributed by atoms with van der Waals surface area (Å²) in [6, 6.07) is 7.77. The highest BCUT2D eigenvalue weighted by molar-refractivity contribution is 6.30. The van der Waals surface area contributed by atoms with Gasteiger partial charge in [0.1, 0.15) is 0 Å². The molecule has 1 unspecified atom stereocenters. The third kappa shape index (κ3) is 8.03.